The van der Waals surface area contributed by atoms with Crippen molar-refractivity contribution in [2.45, 2.75) is 32.1 Å². The first-order valence-electron chi connectivity index (χ1n) is 6.14. The molecule has 4 nitrogen and oxygen atoms in total. The molecular formula is C11H18N2O2S2. The smallest absolute Gasteiger partial charge is 0.257 e. The van der Waals surface area contributed by atoms with Crippen molar-refractivity contribution in [3.05, 3.63) is 0 Å². The lowest BCUT2D eigenvalue weighted by atomic mass is 10.2. The molecular weight excluding hydrogens is 256 g/mol. The van der Waals surface area contributed by atoms with E-state index in [1.54, 1.807) is 0 Å². The molecule has 2 heterocycles. The fourth-order valence-corrected chi connectivity index (χ4v) is 3.25. The summed E-state index contributed by atoms with van der Waals surface area (Å²) in [5, 5.41) is 1.53. The number of hydrogen-bond acceptors (Lipinski definition) is 6. The summed E-state index contributed by atoms with van der Waals surface area (Å²) < 4.78 is 11.1. The van der Waals surface area contributed by atoms with Gasteiger partial charge in [-0.05, 0) is 32.1 Å². The SMILES string of the molecule is C1CCN=C(SSC2=NCCCCO2)OCC1. The zero-order valence-electron chi connectivity index (χ0n) is 9.89. The molecule has 2 rings (SSSR count). The van der Waals surface area contributed by atoms with Crippen LogP contribution in [-0.4, -0.2) is 36.8 Å². The van der Waals surface area contributed by atoms with E-state index in [1.807, 2.05) is 0 Å². The van der Waals surface area contributed by atoms with Crippen molar-refractivity contribution >= 4 is 32.0 Å². The molecule has 0 atom stereocenters. The number of nitrogens with zero attached hydrogens (tertiary/aromatic N) is 2. The fourth-order valence-electron chi connectivity index (χ4n) is 1.53. The topological polar surface area (TPSA) is 43.2 Å². The lowest BCUT2D eigenvalue weighted by molar-refractivity contribution is 0.295. The Balaban J connectivity index is 1.77. The average Bonchev–Trinajstić information content (AvgIpc) is 2.56. The molecule has 0 aromatic carbocycles. The average molecular weight is 274 g/mol. The minimum Gasteiger partial charge on any atom is -0.472 e. The molecule has 0 aromatic heterocycles. The molecule has 0 unspecified atom stereocenters. The van der Waals surface area contributed by atoms with E-state index in [1.165, 1.54) is 28.0 Å². The Kier molecular flexibility index (Phi) is 6.05. The van der Waals surface area contributed by atoms with E-state index in [-0.39, 0.29) is 0 Å². The van der Waals surface area contributed by atoms with Crippen LogP contribution in [0.25, 0.3) is 0 Å². The van der Waals surface area contributed by atoms with Crippen molar-refractivity contribution in [3.8, 4) is 0 Å². The van der Waals surface area contributed by atoms with Gasteiger partial charge in [-0.3, -0.25) is 0 Å². The highest BCUT2D eigenvalue weighted by atomic mass is 33.1. The van der Waals surface area contributed by atoms with Gasteiger partial charge >= 0.3 is 0 Å². The molecule has 0 saturated heterocycles. The molecule has 0 aliphatic carbocycles. The zero-order valence-corrected chi connectivity index (χ0v) is 11.5. The third-order valence-corrected chi connectivity index (χ3v) is 4.44. The molecule has 96 valence electrons. The molecule has 2 aliphatic rings. The van der Waals surface area contributed by atoms with Crippen molar-refractivity contribution in [3.63, 3.8) is 0 Å². The second-order valence-electron chi connectivity index (χ2n) is 3.93. The van der Waals surface area contributed by atoms with Crippen molar-refractivity contribution in [2.24, 2.45) is 9.98 Å². The summed E-state index contributed by atoms with van der Waals surface area (Å²) in [6, 6.07) is 0. The van der Waals surface area contributed by atoms with Crippen molar-refractivity contribution < 1.29 is 9.47 Å². The Morgan fingerprint density at radius 1 is 0.706 bits per heavy atom. The first-order valence-corrected chi connectivity index (χ1v) is 8.29. The molecule has 6 heteroatoms. The summed E-state index contributed by atoms with van der Waals surface area (Å²) in [7, 11) is 3.05. The van der Waals surface area contributed by atoms with Crippen LogP contribution in [0.15, 0.2) is 9.98 Å². The summed E-state index contributed by atoms with van der Waals surface area (Å²) >= 11 is 0. The maximum absolute atomic E-state index is 5.59. The van der Waals surface area contributed by atoms with Gasteiger partial charge in [0.15, 0.2) is 0 Å². The molecule has 0 saturated carbocycles. The van der Waals surface area contributed by atoms with Crippen LogP contribution < -0.4 is 0 Å². The van der Waals surface area contributed by atoms with Gasteiger partial charge in [0.2, 0.25) is 0 Å². The van der Waals surface area contributed by atoms with Gasteiger partial charge in [0.25, 0.3) is 10.5 Å². The van der Waals surface area contributed by atoms with Crippen LogP contribution in [-0.2, 0) is 9.47 Å². The third-order valence-electron chi connectivity index (χ3n) is 2.47. The highest BCUT2D eigenvalue weighted by Crippen LogP contribution is 2.27. The minimum absolute atomic E-state index is 0.765. The van der Waals surface area contributed by atoms with E-state index in [4.69, 9.17) is 9.47 Å². The van der Waals surface area contributed by atoms with Crippen LogP contribution in [0.5, 0.6) is 0 Å². The summed E-state index contributed by atoms with van der Waals surface area (Å²) in [5.41, 5.74) is 0. The second kappa shape index (κ2) is 7.87. The van der Waals surface area contributed by atoms with Gasteiger partial charge in [-0.2, -0.15) is 0 Å². The fraction of sp³-hybridized carbons (Fsp3) is 0.818. The van der Waals surface area contributed by atoms with Crippen LogP contribution in [0.4, 0.5) is 0 Å². The molecule has 0 bridgehead atoms. The molecule has 0 radical (unpaired) electrons. The van der Waals surface area contributed by atoms with Gasteiger partial charge in [0, 0.05) is 34.7 Å². The minimum atomic E-state index is 0.765. The molecule has 0 fully saturated rings. The Bertz CT molecular complexity index is 295. The van der Waals surface area contributed by atoms with Crippen LogP contribution in [0, 0.1) is 0 Å². The third kappa shape index (κ3) is 5.21. The predicted molar refractivity (Wildman–Crippen MR) is 74.8 cm³/mol. The van der Waals surface area contributed by atoms with Gasteiger partial charge < -0.3 is 9.47 Å². The van der Waals surface area contributed by atoms with Gasteiger partial charge in [-0.1, -0.05) is 0 Å². The van der Waals surface area contributed by atoms with Crippen LogP contribution >= 0.6 is 21.6 Å². The number of hydrogen-bond donors (Lipinski definition) is 0. The zero-order chi connectivity index (χ0) is 11.8. The first-order chi connectivity index (χ1) is 8.45. The summed E-state index contributed by atoms with van der Waals surface area (Å²) in [5.74, 6) is 0. The summed E-state index contributed by atoms with van der Waals surface area (Å²) in [6.07, 6.45) is 5.71. The predicted octanol–water partition coefficient (Wildman–Crippen LogP) is 3.09. The summed E-state index contributed by atoms with van der Waals surface area (Å²) in [4.78, 5) is 8.79. The van der Waals surface area contributed by atoms with E-state index in [2.05, 4.69) is 9.98 Å². The Morgan fingerprint density at radius 3 is 1.88 bits per heavy atom. The van der Waals surface area contributed by atoms with Gasteiger partial charge in [-0.25, -0.2) is 9.98 Å². The molecule has 0 spiro atoms. The van der Waals surface area contributed by atoms with Gasteiger partial charge in [-0.15, -0.1) is 0 Å². The normalized spacial score (nSPS) is 22.1. The van der Waals surface area contributed by atoms with E-state index < -0.39 is 0 Å². The quantitative estimate of drug-likeness (QED) is 0.637. The van der Waals surface area contributed by atoms with Crippen LogP contribution in [0.1, 0.15) is 32.1 Å². The molecule has 17 heavy (non-hydrogen) atoms. The molecule has 2 aliphatic heterocycles. The first kappa shape index (κ1) is 13.1. The number of ether oxygens (including phenoxy) is 2. The second-order valence-corrected chi connectivity index (χ2v) is 5.96. The van der Waals surface area contributed by atoms with Crippen molar-refractivity contribution in [1.82, 2.24) is 0 Å². The lowest BCUT2D eigenvalue weighted by Crippen LogP contribution is -2.07. The van der Waals surface area contributed by atoms with Gasteiger partial charge in [0.1, 0.15) is 0 Å². The number of aliphatic imine (C=N–C) groups is 2. The monoisotopic (exact) mass is 274 g/mol. The Labute approximate surface area is 110 Å². The van der Waals surface area contributed by atoms with E-state index in [9.17, 15) is 0 Å². The molecule has 0 aromatic rings. The standard InChI is InChI=1S/C11H18N2O2S2/c1-2-6-12-10(14-8-4-1)16-17-11-13-7-3-5-9-15-11/h1-9H2. The highest BCUT2D eigenvalue weighted by molar-refractivity contribution is 8.87. The van der Waals surface area contributed by atoms with Crippen LogP contribution in [0.3, 0.4) is 0 Å². The molecule has 0 N–H and O–H groups in total. The van der Waals surface area contributed by atoms with Crippen molar-refractivity contribution in [1.29, 1.82) is 0 Å². The van der Waals surface area contributed by atoms with Crippen LogP contribution in [0.2, 0.25) is 0 Å². The van der Waals surface area contributed by atoms with E-state index in [0.29, 0.717) is 0 Å². The van der Waals surface area contributed by atoms with E-state index >= 15 is 0 Å². The largest absolute Gasteiger partial charge is 0.472 e. The Hall–Kier alpha value is -0.360. The summed E-state index contributed by atoms with van der Waals surface area (Å²) in [6.45, 7) is 3.30. The van der Waals surface area contributed by atoms with E-state index in [0.717, 1.165) is 62.4 Å². The molecule has 0 amide bonds. The highest BCUT2D eigenvalue weighted by Gasteiger charge is 2.11. The number of rotatable bonds is 0. The maximum atomic E-state index is 5.59. The van der Waals surface area contributed by atoms with Crippen molar-refractivity contribution in [2.75, 3.05) is 26.3 Å². The lowest BCUT2D eigenvalue weighted by Gasteiger charge is -2.11. The Morgan fingerprint density at radius 2 is 1.24 bits per heavy atom. The maximum Gasteiger partial charge on any atom is 0.257 e. The van der Waals surface area contributed by atoms with Gasteiger partial charge in [0.05, 0.1) is 13.2 Å².